The first-order chi connectivity index (χ1) is 16.1. The first kappa shape index (κ1) is 23.6. The van der Waals surface area contributed by atoms with Crippen LogP contribution >= 0.6 is 0 Å². The summed E-state index contributed by atoms with van der Waals surface area (Å²) in [5, 5.41) is 12.9. The molecular weight excluding hydrogens is 453 g/mol. The lowest BCUT2D eigenvalue weighted by Gasteiger charge is -2.22. The molecule has 2 aromatic carbocycles. The van der Waals surface area contributed by atoms with Crippen LogP contribution in [0.1, 0.15) is 29.9 Å². The van der Waals surface area contributed by atoms with E-state index in [0.717, 1.165) is 22.3 Å². The van der Waals surface area contributed by atoms with Gasteiger partial charge in [-0.05, 0) is 34.6 Å². The number of alkyl halides is 3. The van der Waals surface area contributed by atoms with Crippen LogP contribution in [-0.2, 0) is 14.3 Å². The summed E-state index contributed by atoms with van der Waals surface area (Å²) in [6, 6.07) is 12.7. The summed E-state index contributed by atoms with van der Waals surface area (Å²) in [5.41, 5.74) is 3.81. The van der Waals surface area contributed by atoms with Crippen molar-refractivity contribution in [3.8, 4) is 11.1 Å². The van der Waals surface area contributed by atoms with Crippen LogP contribution in [0.5, 0.6) is 0 Å². The maximum atomic E-state index is 13.4. The minimum atomic E-state index is -4.87. The largest absolute Gasteiger partial charge is 0.481 e. The lowest BCUT2D eigenvalue weighted by atomic mass is 9.98. The normalized spacial score (nSPS) is 19.5. The number of nitrogens with one attached hydrogen (secondary N) is 2. The number of halogens is 3. The van der Waals surface area contributed by atoms with Gasteiger partial charge < -0.3 is 20.5 Å². The molecule has 1 saturated carbocycles. The Bertz CT molecular complexity index is 1060. The lowest BCUT2D eigenvalue weighted by molar-refractivity contribution is -0.160. The van der Waals surface area contributed by atoms with E-state index in [1.807, 2.05) is 48.5 Å². The third kappa shape index (κ3) is 5.16. The average molecular weight is 476 g/mol. The number of amides is 2. The monoisotopic (exact) mass is 476 g/mol. The zero-order valence-electron chi connectivity index (χ0n) is 18.0. The number of carbonyl (C=O) groups is 3. The van der Waals surface area contributed by atoms with Crippen molar-refractivity contribution in [2.75, 3.05) is 13.2 Å². The van der Waals surface area contributed by atoms with E-state index in [9.17, 15) is 27.6 Å². The number of hydrogen-bond acceptors (Lipinski definition) is 4. The first-order valence-electron chi connectivity index (χ1n) is 10.8. The number of carboxylic acid groups (broad SMARTS) is 1. The standard InChI is InChI=1S/C24H23F3N2O5/c25-24(26,27)20(10-21(30)28-11-13-9-18(13)22(31)32)29-23(33)34-12-19-16-7-3-1-5-14(16)15-6-2-4-8-17(15)19/h1-8,13,18-20H,9-12H2,(H,28,30)(H,29,33)(H,31,32)/t13-,18-,20?/m0/s1. The molecule has 0 aliphatic heterocycles. The van der Waals surface area contributed by atoms with Crippen LogP contribution in [-0.4, -0.2) is 48.4 Å². The van der Waals surface area contributed by atoms with Gasteiger partial charge in [0.1, 0.15) is 12.6 Å². The summed E-state index contributed by atoms with van der Waals surface area (Å²) in [7, 11) is 0. The third-order valence-corrected chi connectivity index (χ3v) is 6.22. The van der Waals surface area contributed by atoms with Gasteiger partial charge in [-0.15, -0.1) is 0 Å². The molecule has 0 heterocycles. The Balaban J connectivity index is 1.33. The van der Waals surface area contributed by atoms with Gasteiger partial charge in [0.2, 0.25) is 5.91 Å². The predicted octanol–water partition coefficient (Wildman–Crippen LogP) is 3.68. The highest BCUT2D eigenvalue weighted by atomic mass is 19.4. The highest BCUT2D eigenvalue weighted by Crippen LogP contribution is 2.44. The molecule has 2 aliphatic rings. The summed E-state index contributed by atoms with van der Waals surface area (Å²) in [4.78, 5) is 35.0. The topological polar surface area (TPSA) is 105 Å². The van der Waals surface area contributed by atoms with Crippen LogP contribution in [0.15, 0.2) is 48.5 Å². The molecule has 3 atom stereocenters. The number of alkyl carbamates (subject to hydrolysis) is 1. The Labute approximate surface area is 193 Å². The number of ether oxygens (including phenoxy) is 1. The quantitative estimate of drug-likeness (QED) is 0.539. The second kappa shape index (κ2) is 9.36. The summed E-state index contributed by atoms with van der Waals surface area (Å²) in [5.74, 6) is -3.12. The molecule has 180 valence electrons. The van der Waals surface area contributed by atoms with Crippen molar-refractivity contribution in [3.05, 3.63) is 59.7 Å². The van der Waals surface area contributed by atoms with E-state index in [0.29, 0.717) is 6.42 Å². The van der Waals surface area contributed by atoms with Crippen LogP contribution in [0, 0.1) is 11.8 Å². The van der Waals surface area contributed by atoms with Crippen LogP contribution < -0.4 is 10.6 Å². The smallest absolute Gasteiger partial charge is 0.409 e. The molecule has 0 aromatic heterocycles. The maximum absolute atomic E-state index is 13.4. The fourth-order valence-electron chi connectivity index (χ4n) is 4.31. The number of benzene rings is 2. The van der Waals surface area contributed by atoms with Crippen molar-refractivity contribution in [1.82, 2.24) is 10.6 Å². The van der Waals surface area contributed by atoms with E-state index in [4.69, 9.17) is 9.84 Å². The summed E-state index contributed by atoms with van der Waals surface area (Å²) in [6.07, 6.45) is -6.80. The third-order valence-electron chi connectivity index (χ3n) is 6.22. The van der Waals surface area contributed by atoms with E-state index in [1.165, 1.54) is 0 Å². The molecule has 1 unspecified atom stereocenters. The highest BCUT2D eigenvalue weighted by Gasteiger charge is 2.45. The molecule has 2 aliphatic carbocycles. The van der Waals surface area contributed by atoms with Crippen LogP contribution in [0.3, 0.4) is 0 Å². The Morgan fingerprint density at radius 2 is 1.62 bits per heavy atom. The van der Waals surface area contributed by atoms with E-state index in [1.54, 1.807) is 5.32 Å². The van der Waals surface area contributed by atoms with Gasteiger partial charge in [0.15, 0.2) is 0 Å². The number of carboxylic acids is 1. The van der Waals surface area contributed by atoms with Crippen molar-refractivity contribution in [2.45, 2.75) is 31.0 Å². The lowest BCUT2D eigenvalue weighted by Crippen LogP contribution is -2.48. The molecule has 4 rings (SSSR count). The Hall–Kier alpha value is -3.56. The van der Waals surface area contributed by atoms with Crippen LogP contribution in [0.4, 0.5) is 18.0 Å². The molecule has 34 heavy (non-hydrogen) atoms. The highest BCUT2D eigenvalue weighted by molar-refractivity contribution is 5.80. The molecule has 7 nitrogen and oxygen atoms in total. The number of aliphatic carboxylic acids is 1. The van der Waals surface area contributed by atoms with E-state index in [2.05, 4.69) is 5.32 Å². The molecular formula is C24H23F3N2O5. The number of rotatable bonds is 8. The number of hydrogen-bond donors (Lipinski definition) is 3. The van der Waals surface area contributed by atoms with Gasteiger partial charge >= 0.3 is 18.2 Å². The van der Waals surface area contributed by atoms with E-state index < -0.39 is 42.5 Å². The predicted molar refractivity (Wildman–Crippen MR) is 115 cm³/mol. The summed E-state index contributed by atoms with van der Waals surface area (Å²) in [6.45, 7) is -0.180. The van der Waals surface area contributed by atoms with Crippen molar-refractivity contribution >= 4 is 18.0 Å². The summed E-state index contributed by atoms with van der Waals surface area (Å²) >= 11 is 0. The van der Waals surface area contributed by atoms with Gasteiger partial charge in [-0.2, -0.15) is 13.2 Å². The first-order valence-corrected chi connectivity index (χ1v) is 10.8. The fourth-order valence-corrected chi connectivity index (χ4v) is 4.31. The molecule has 0 bridgehead atoms. The van der Waals surface area contributed by atoms with Crippen molar-refractivity contribution < 1.29 is 37.4 Å². The second-order valence-corrected chi connectivity index (χ2v) is 8.51. The van der Waals surface area contributed by atoms with Crippen LogP contribution in [0.2, 0.25) is 0 Å². The second-order valence-electron chi connectivity index (χ2n) is 8.51. The van der Waals surface area contributed by atoms with Crippen molar-refractivity contribution in [2.24, 2.45) is 11.8 Å². The number of fused-ring (bicyclic) bond motifs is 3. The van der Waals surface area contributed by atoms with Gasteiger partial charge in [-0.3, -0.25) is 9.59 Å². The minimum Gasteiger partial charge on any atom is -0.481 e. The Morgan fingerprint density at radius 1 is 1.03 bits per heavy atom. The number of carbonyl (C=O) groups excluding carboxylic acids is 2. The van der Waals surface area contributed by atoms with Gasteiger partial charge in [0.25, 0.3) is 0 Å². The van der Waals surface area contributed by atoms with Gasteiger partial charge in [-0.25, -0.2) is 4.79 Å². The molecule has 1 fully saturated rings. The zero-order valence-corrected chi connectivity index (χ0v) is 18.0. The van der Waals surface area contributed by atoms with E-state index >= 15 is 0 Å². The van der Waals surface area contributed by atoms with Crippen molar-refractivity contribution in [3.63, 3.8) is 0 Å². The Kier molecular flexibility index (Phi) is 6.49. The van der Waals surface area contributed by atoms with Gasteiger partial charge in [-0.1, -0.05) is 48.5 Å². The maximum Gasteiger partial charge on any atom is 0.409 e. The van der Waals surface area contributed by atoms with Gasteiger partial charge in [0, 0.05) is 12.5 Å². The average Bonchev–Trinajstić information content (AvgIpc) is 3.51. The molecule has 0 saturated heterocycles. The fraction of sp³-hybridized carbons (Fsp3) is 0.375. The van der Waals surface area contributed by atoms with Crippen molar-refractivity contribution in [1.29, 1.82) is 0 Å². The minimum absolute atomic E-state index is 0.0225. The molecule has 2 aromatic rings. The SMILES string of the molecule is O=C(CC(NC(=O)OCC1c2ccccc2-c2ccccc21)C(F)(F)F)NC[C@@H]1C[C@@H]1C(=O)O. The Morgan fingerprint density at radius 3 is 2.15 bits per heavy atom. The van der Waals surface area contributed by atoms with Gasteiger partial charge in [0.05, 0.1) is 12.3 Å². The molecule has 0 radical (unpaired) electrons. The molecule has 2 amide bonds. The molecule has 0 spiro atoms. The van der Waals surface area contributed by atoms with Crippen LogP contribution in [0.25, 0.3) is 11.1 Å². The zero-order chi connectivity index (χ0) is 24.5. The van der Waals surface area contributed by atoms with E-state index in [-0.39, 0.29) is 25.0 Å². The molecule has 10 heteroatoms. The molecule has 3 N–H and O–H groups in total. The summed E-state index contributed by atoms with van der Waals surface area (Å²) < 4.78 is 45.4.